The molecule has 0 unspecified atom stereocenters. The van der Waals surface area contributed by atoms with Crippen molar-refractivity contribution in [3.63, 3.8) is 0 Å². The third-order valence-corrected chi connectivity index (χ3v) is 3.01. The minimum absolute atomic E-state index is 0.432. The van der Waals surface area contributed by atoms with Gasteiger partial charge in [0, 0.05) is 20.2 Å². The summed E-state index contributed by atoms with van der Waals surface area (Å²) in [6.45, 7) is 0. The van der Waals surface area contributed by atoms with Gasteiger partial charge < -0.3 is 9.64 Å². The van der Waals surface area contributed by atoms with Crippen molar-refractivity contribution in [2.24, 2.45) is 0 Å². The number of ether oxygens (including phenoxy) is 1. The Balaban J connectivity index is 2.22. The number of pyridine rings is 1. The highest BCUT2D eigenvalue weighted by atomic mass is 32.2. The van der Waals surface area contributed by atoms with Gasteiger partial charge in [0.2, 0.25) is 0 Å². The average molecular weight is 224 g/mol. The lowest BCUT2D eigenvalue weighted by atomic mass is 10.4. The van der Waals surface area contributed by atoms with Crippen LogP contribution in [0.3, 0.4) is 0 Å². The second kappa shape index (κ2) is 4.31. The fraction of sp³-hybridized carbons (Fsp3) is 0.545. The zero-order valence-corrected chi connectivity index (χ0v) is 10.2. The summed E-state index contributed by atoms with van der Waals surface area (Å²) in [5, 5.41) is 1.04. The van der Waals surface area contributed by atoms with Gasteiger partial charge >= 0.3 is 0 Å². The molecule has 4 heteroatoms. The smallest absolute Gasteiger partial charge is 0.140 e. The van der Waals surface area contributed by atoms with Gasteiger partial charge in [-0.2, -0.15) is 0 Å². The molecule has 1 aromatic heterocycles. The zero-order chi connectivity index (χ0) is 10.8. The summed E-state index contributed by atoms with van der Waals surface area (Å²) in [6.07, 6.45) is 6.65. The number of hydrogen-bond donors (Lipinski definition) is 0. The highest BCUT2D eigenvalue weighted by molar-refractivity contribution is 7.98. The third kappa shape index (κ3) is 2.56. The van der Waals surface area contributed by atoms with Crippen molar-refractivity contribution in [1.29, 1.82) is 0 Å². The standard InChI is InChI=1S/C11H16N2OS/c1-13(2)10-6-9(14-8-4-5-8)7-12-11(10)15-3/h6-8H,4-5H2,1-3H3. The highest BCUT2D eigenvalue weighted by Crippen LogP contribution is 2.32. The summed E-state index contributed by atoms with van der Waals surface area (Å²) in [6, 6.07) is 2.07. The van der Waals surface area contributed by atoms with Crippen molar-refractivity contribution in [3.8, 4) is 5.75 Å². The van der Waals surface area contributed by atoms with E-state index < -0.39 is 0 Å². The van der Waals surface area contributed by atoms with Crippen molar-refractivity contribution < 1.29 is 4.74 Å². The van der Waals surface area contributed by atoms with Gasteiger partial charge in [-0.3, -0.25) is 0 Å². The van der Waals surface area contributed by atoms with Gasteiger partial charge in [-0.05, 0) is 19.1 Å². The van der Waals surface area contributed by atoms with Crippen LogP contribution in [-0.2, 0) is 0 Å². The molecule has 1 saturated carbocycles. The predicted octanol–water partition coefficient (Wildman–Crippen LogP) is 2.41. The highest BCUT2D eigenvalue weighted by Gasteiger charge is 2.24. The Kier molecular flexibility index (Phi) is 3.05. The van der Waals surface area contributed by atoms with E-state index >= 15 is 0 Å². The zero-order valence-electron chi connectivity index (χ0n) is 9.36. The first-order valence-corrected chi connectivity index (χ1v) is 6.31. The van der Waals surface area contributed by atoms with Gasteiger partial charge in [-0.25, -0.2) is 4.98 Å². The Morgan fingerprint density at radius 3 is 2.73 bits per heavy atom. The topological polar surface area (TPSA) is 25.4 Å². The van der Waals surface area contributed by atoms with Gasteiger partial charge in [-0.1, -0.05) is 0 Å². The van der Waals surface area contributed by atoms with E-state index in [4.69, 9.17) is 4.74 Å². The van der Waals surface area contributed by atoms with Gasteiger partial charge in [0.15, 0.2) is 0 Å². The first-order valence-electron chi connectivity index (χ1n) is 5.08. The van der Waals surface area contributed by atoms with Crippen LogP contribution in [0.5, 0.6) is 5.75 Å². The van der Waals surface area contributed by atoms with E-state index in [0.29, 0.717) is 6.10 Å². The van der Waals surface area contributed by atoms with E-state index in [0.717, 1.165) is 16.5 Å². The van der Waals surface area contributed by atoms with Crippen LogP contribution in [0.2, 0.25) is 0 Å². The monoisotopic (exact) mass is 224 g/mol. The Labute approximate surface area is 94.8 Å². The van der Waals surface area contributed by atoms with E-state index in [1.807, 2.05) is 26.5 Å². The maximum absolute atomic E-state index is 5.72. The molecule has 0 N–H and O–H groups in total. The Morgan fingerprint density at radius 2 is 2.20 bits per heavy atom. The summed E-state index contributed by atoms with van der Waals surface area (Å²) in [4.78, 5) is 6.46. The van der Waals surface area contributed by atoms with Crippen LogP contribution in [0.1, 0.15) is 12.8 Å². The molecule has 0 saturated heterocycles. The SMILES string of the molecule is CSc1ncc(OC2CC2)cc1N(C)C. The normalized spacial score (nSPS) is 15.1. The molecule has 1 aliphatic rings. The van der Waals surface area contributed by atoms with Crippen molar-refractivity contribution in [3.05, 3.63) is 12.3 Å². The lowest BCUT2D eigenvalue weighted by Gasteiger charge is -2.16. The second-order valence-corrected chi connectivity index (χ2v) is 4.71. The molecule has 1 heterocycles. The molecule has 0 atom stereocenters. The molecule has 0 aromatic carbocycles. The van der Waals surface area contributed by atoms with Crippen molar-refractivity contribution in [1.82, 2.24) is 4.98 Å². The lowest BCUT2D eigenvalue weighted by molar-refractivity contribution is 0.301. The predicted molar refractivity (Wildman–Crippen MR) is 64.0 cm³/mol. The van der Waals surface area contributed by atoms with E-state index in [2.05, 4.69) is 16.0 Å². The molecule has 82 valence electrons. The van der Waals surface area contributed by atoms with E-state index in [-0.39, 0.29) is 0 Å². The minimum atomic E-state index is 0.432. The molecule has 0 aliphatic heterocycles. The minimum Gasteiger partial charge on any atom is -0.489 e. The maximum Gasteiger partial charge on any atom is 0.140 e. The summed E-state index contributed by atoms with van der Waals surface area (Å²) in [7, 11) is 4.05. The lowest BCUT2D eigenvalue weighted by Crippen LogP contribution is -2.11. The van der Waals surface area contributed by atoms with Gasteiger partial charge in [0.25, 0.3) is 0 Å². The molecule has 15 heavy (non-hydrogen) atoms. The van der Waals surface area contributed by atoms with Crippen molar-refractivity contribution in [2.45, 2.75) is 24.0 Å². The number of thioether (sulfide) groups is 1. The van der Waals surface area contributed by atoms with Gasteiger partial charge in [0.05, 0.1) is 18.0 Å². The van der Waals surface area contributed by atoms with Crippen LogP contribution >= 0.6 is 11.8 Å². The number of hydrogen-bond acceptors (Lipinski definition) is 4. The third-order valence-electron chi connectivity index (χ3n) is 2.31. The quantitative estimate of drug-likeness (QED) is 0.733. The van der Waals surface area contributed by atoms with Crippen molar-refractivity contribution >= 4 is 17.4 Å². The molecule has 2 rings (SSSR count). The number of nitrogens with zero attached hydrogens (tertiary/aromatic N) is 2. The molecule has 0 bridgehead atoms. The average Bonchev–Trinajstić information content (AvgIpc) is 3.01. The van der Waals surface area contributed by atoms with Crippen LogP contribution in [0.4, 0.5) is 5.69 Å². The van der Waals surface area contributed by atoms with Crippen molar-refractivity contribution in [2.75, 3.05) is 25.3 Å². The second-order valence-electron chi connectivity index (χ2n) is 3.91. The molecule has 0 amide bonds. The molecule has 1 aliphatic carbocycles. The molecule has 0 radical (unpaired) electrons. The first kappa shape index (κ1) is 10.6. The summed E-state index contributed by atoms with van der Waals surface area (Å²) in [5.41, 5.74) is 1.13. The fourth-order valence-corrected chi connectivity index (χ4v) is 1.95. The molecular formula is C11H16N2OS. The number of aromatic nitrogens is 1. The van der Waals surface area contributed by atoms with Crippen LogP contribution in [0.15, 0.2) is 17.3 Å². The molecule has 3 nitrogen and oxygen atoms in total. The van der Waals surface area contributed by atoms with Gasteiger partial charge in [0.1, 0.15) is 10.8 Å². The van der Waals surface area contributed by atoms with Crippen LogP contribution in [0.25, 0.3) is 0 Å². The fourth-order valence-electron chi connectivity index (χ4n) is 1.34. The Bertz CT molecular complexity index is 350. The Morgan fingerprint density at radius 1 is 1.47 bits per heavy atom. The molecule has 0 spiro atoms. The van der Waals surface area contributed by atoms with Crippen LogP contribution in [-0.4, -0.2) is 31.4 Å². The number of anilines is 1. The summed E-state index contributed by atoms with van der Waals surface area (Å²) < 4.78 is 5.72. The number of rotatable bonds is 4. The maximum atomic E-state index is 5.72. The van der Waals surface area contributed by atoms with Crippen LogP contribution in [0, 0.1) is 0 Å². The van der Waals surface area contributed by atoms with Crippen LogP contribution < -0.4 is 9.64 Å². The molecule has 1 aromatic rings. The van der Waals surface area contributed by atoms with E-state index in [1.165, 1.54) is 12.8 Å². The summed E-state index contributed by atoms with van der Waals surface area (Å²) >= 11 is 1.66. The van der Waals surface area contributed by atoms with Gasteiger partial charge in [-0.15, -0.1) is 11.8 Å². The largest absolute Gasteiger partial charge is 0.489 e. The van der Waals surface area contributed by atoms with E-state index in [1.54, 1.807) is 11.8 Å². The summed E-state index contributed by atoms with van der Waals surface area (Å²) in [5.74, 6) is 0.888. The molecular weight excluding hydrogens is 208 g/mol. The molecule has 1 fully saturated rings. The van der Waals surface area contributed by atoms with E-state index in [9.17, 15) is 0 Å². The first-order chi connectivity index (χ1) is 7.20. The Hall–Kier alpha value is -0.900.